The number of nitrogens with one attached hydrogen (secondary N) is 1. The number of carboxylic acid groups (broad SMARTS) is 1. The molecule has 11 heteroatoms. The highest BCUT2D eigenvalue weighted by molar-refractivity contribution is 6.55. The molecule has 4 aromatic rings. The molecule has 0 fully saturated rings. The van der Waals surface area contributed by atoms with Crippen LogP contribution in [0.5, 0.6) is 5.75 Å². The summed E-state index contributed by atoms with van der Waals surface area (Å²) in [6, 6.07) is 16.0. The van der Waals surface area contributed by atoms with E-state index in [1.54, 1.807) is 18.2 Å². The summed E-state index contributed by atoms with van der Waals surface area (Å²) in [5, 5.41) is 24.4. The molecule has 0 spiro atoms. The number of carbonyl (C=O) groups excluding carboxylic acids is 1. The monoisotopic (exact) mass is 563 g/mol. The molecule has 7 nitrogen and oxygen atoms in total. The topological polar surface area (TPSA) is 102 Å². The molecule has 0 unspecified atom stereocenters. The number of rotatable bonds is 5. The van der Waals surface area contributed by atoms with Gasteiger partial charge in [0.05, 0.1) is 28.2 Å². The molecule has 41 heavy (non-hydrogen) atoms. The fraction of sp³-hybridized carbons (Fsp3) is 0.100. The molecule has 0 aromatic heterocycles. The Bertz CT molecular complexity index is 1740. The summed E-state index contributed by atoms with van der Waals surface area (Å²) < 4.78 is 55.0. The van der Waals surface area contributed by atoms with Crippen molar-refractivity contribution >= 4 is 34.7 Å². The molecule has 1 heterocycles. The number of phenolic OH excluding ortho intramolecular Hbond substituents is 1. The largest absolute Gasteiger partial charge is 0.505 e. The summed E-state index contributed by atoms with van der Waals surface area (Å²) in [6.07, 6.45) is -4.68. The van der Waals surface area contributed by atoms with Gasteiger partial charge in [0, 0.05) is 11.1 Å². The number of hydrazone groups is 1. The second kappa shape index (κ2) is 10.1. The molecular weight excluding hydrogens is 542 g/mol. The van der Waals surface area contributed by atoms with Crippen molar-refractivity contribution in [3.05, 3.63) is 106 Å². The van der Waals surface area contributed by atoms with Gasteiger partial charge in [-0.1, -0.05) is 24.3 Å². The maximum atomic E-state index is 14.3. The van der Waals surface area contributed by atoms with Crippen molar-refractivity contribution in [1.82, 2.24) is 0 Å². The van der Waals surface area contributed by atoms with Gasteiger partial charge in [0.15, 0.2) is 5.71 Å². The van der Waals surface area contributed by atoms with E-state index in [1.807, 2.05) is 0 Å². The average Bonchev–Trinajstić information content (AvgIpc) is 3.20. The fourth-order valence-electron chi connectivity index (χ4n) is 4.64. The molecule has 0 radical (unpaired) electrons. The van der Waals surface area contributed by atoms with Crippen molar-refractivity contribution in [3.8, 4) is 16.9 Å². The number of nitrogens with zero attached hydrogens (tertiary/aromatic N) is 2. The van der Waals surface area contributed by atoms with Gasteiger partial charge in [0.2, 0.25) is 0 Å². The number of hydrogen-bond acceptors (Lipinski definition) is 5. The van der Waals surface area contributed by atoms with E-state index in [0.29, 0.717) is 5.56 Å². The van der Waals surface area contributed by atoms with E-state index in [9.17, 15) is 37.4 Å². The number of carbonyl (C=O) groups is 2. The van der Waals surface area contributed by atoms with Crippen LogP contribution in [0.4, 0.5) is 34.6 Å². The minimum atomic E-state index is -4.68. The van der Waals surface area contributed by atoms with Crippen LogP contribution in [-0.2, 0) is 11.0 Å². The second-order valence-electron chi connectivity index (χ2n) is 9.42. The Balaban J connectivity index is 1.58. The third kappa shape index (κ3) is 4.97. The highest BCUT2D eigenvalue weighted by atomic mass is 19.4. The summed E-state index contributed by atoms with van der Waals surface area (Å²) in [5.41, 5.74) is 2.76. The molecule has 0 atom stereocenters. The minimum absolute atomic E-state index is 0.0123. The van der Waals surface area contributed by atoms with E-state index >= 15 is 0 Å². The van der Waals surface area contributed by atoms with Crippen LogP contribution in [0.2, 0.25) is 0 Å². The summed E-state index contributed by atoms with van der Waals surface area (Å²) in [6.45, 7) is 2.97. The first kappa shape index (κ1) is 27.4. The van der Waals surface area contributed by atoms with Gasteiger partial charge in [0.25, 0.3) is 5.91 Å². The number of aromatic carboxylic acids is 1. The van der Waals surface area contributed by atoms with Crippen molar-refractivity contribution in [2.45, 2.75) is 20.0 Å². The molecule has 0 aliphatic carbocycles. The van der Waals surface area contributed by atoms with Crippen molar-refractivity contribution in [2.75, 3.05) is 10.3 Å². The first-order chi connectivity index (χ1) is 19.4. The number of alkyl halides is 3. The Kier molecular flexibility index (Phi) is 6.74. The predicted octanol–water partition coefficient (Wildman–Crippen LogP) is 7.03. The van der Waals surface area contributed by atoms with Gasteiger partial charge >= 0.3 is 12.1 Å². The first-order valence-corrected chi connectivity index (χ1v) is 12.2. The van der Waals surface area contributed by atoms with Crippen LogP contribution < -0.4 is 10.3 Å². The number of para-hydroxylation sites is 1. The molecule has 0 saturated heterocycles. The molecule has 1 aliphatic heterocycles. The number of hydrogen-bond donors (Lipinski definition) is 3. The number of halogens is 4. The summed E-state index contributed by atoms with van der Waals surface area (Å²) in [4.78, 5) is 26.0. The van der Waals surface area contributed by atoms with Crippen LogP contribution in [0.1, 0.15) is 32.6 Å². The summed E-state index contributed by atoms with van der Waals surface area (Å²) >= 11 is 0. The predicted molar refractivity (Wildman–Crippen MR) is 145 cm³/mol. The normalized spacial score (nSPS) is 14.0. The van der Waals surface area contributed by atoms with Gasteiger partial charge in [-0.3, -0.25) is 15.1 Å². The molecular formula is C30H21F4N3O4. The maximum absolute atomic E-state index is 14.3. The van der Waals surface area contributed by atoms with Crippen LogP contribution >= 0.6 is 0 Å². The molecule has 208 valence electrons. The molecule has 1 amide bonds. The molecule has 0 saturated carbocycles. The molecule has 3 N–H and O–H groups in total. The van der Waals surface area contributed by atoms with Crippen molar-refractivity contribution in [3.63, 3.8) is 0 Å². The van der Waals surface area contributed by atoms with Crippen LogP contribution in [0.3, 0.4) is 0 Å². The van der Waals surface area contributed by atoms with Gasteiger partial charge in [-0.15, -0.1) is 0 Å². The molecule has 1 aliphatic rings. The first-order valence-electron chi connectivity index (χ1n) is 12.2. The smallest absolute Gasteiger partial charge is 0.416 e. The fourth-order valence-corrected chi connectivity index (χ4v) is 4.64. The second-order valence-corrected chi connectivity index (χ2v) is 9.42. The molecule has 4 aromatic carbocycles. The van der Waals surface area contributed by atoms with Gasteiger partial charge in [-0.25, -0.2) is 9.18 Å². The van der Waals surface area contributed by atoms with E-state index in [4.69, 9.17) is 0 Å². The van der Waals surface area contributed by atoms with Gasteiger partial charge in [-0.05, 0) is 79.1 Å². The van der Waals surface area contributed by atoms with Gasteiger partial charge in [-0.2, -0.15) is 18.3 Å². The highest BCUT2D eigenvalue weighted by Crippen LogP contribution is 2.41. The Labute approximate surface area is 231 Å². The van der Waals surface area contributed by atoms with Gasteiger partial charge in [0.1, 0.15) is 11.6 Å². The number of carboxylic acids is 1. The number of amides is 1. The van der Waals surface area contributed by atoms with E-state index in [2.05, 4.69) is 10.5 Å². The van der Waals surface area contributed by atoms with E-state index in [0.717, 1.165) is 23.1 Å². The van der Waals surface area contributed by atoms with Crippen LogP contribution in [0.15, 0.2) is 77.9 Å². The Morgan fingerprint density at radius 3 is 2.27 bits per heavy atom. The number of phenols is 1. The summed E-state index contributed by atoms with van der Waals surface area (Å²) in [5.74, 6) is -2.69. The standard InChI is InChI=1S/C30H21F4N3O4/c1-15-11-20(12-16(2)25(15)31)37-24-14-19(30(32,33)34)9-10-22(24)26(28(37)39)36-35-23-8-4-7-21(27(23)38)17-5-3-6-18(13-17)29(40)41/h3-14,35,38H,1-2H3,(H,40,41)/b36-26-. The number of fused-ring (bicyclic) bond motifs is 1. The lowest BCUT2D eigenvalue weighted by atomic mass is 10.0. The lowest BCUT2D eigenvalue weighted by Gasteiger charge is -2.20. The number of anilines is 3. The van der Waals surface area contributed by atoms with Crippen LogP contribution in [0, 0.1) is 19.7 Å². The number of benzene rings is 4. The Morgan fingerprint density at radius 1 is 0.927 bits per heavy atom. The van der Waals surface area contributed by atoms with Crippen LogP contribution in [-0.4, -0.2) is 27.8 Å². The highest BCUT2D eigenvalue weighted by Gasteiger charge is 2.39. The third-order valence-corrected chi connectivity index (χ3v) is 6.65. The van der Waals surface area contributed by atoms with Gasteiger partial charge < -0.3 is 10.2 Å². The molecule has 0 bridgehead atoms. The lowest BCUT2D eigenvalue weighted by Crippen LogP contribution is -2.26. The Hall–Kier alpha value is -5.19. The summed E-state index contributed by atoms with van der Waals surface area (Å²) in [7, 11) is 0. The quantitative estimate of drug-likeness (QED) is 0.138. The lowest BCUT2D eigenvalue weighted by molar-refractivity contribution is -0.137. The third-order valence-electron chi connectivity index (χ3n) is 6.65. The minimum Gasteiger partial charge on any atom is -0.505 e. The molecule has 5 rings (SSSR count). The van der Waals surface area contributed by atoms with E-state index in [-0.39, 0.29) is 56.3 Å². The zero-order valence-electron chi connectivity index (χ0n) is 21.5. The van der Waals surface area contributed by atoms with Crippen LogP contribution in [0.25, 0.3) is 11.1 Å². The van der Waals surface area contributed by atoms with Crippen molar-refractivity contribution < 1.29 is 37.4 Å². The van der Waals surface area contributed by atoms with E-state index < -0.39 is 29.4 Å². The van der Waals surface area contributed by atoms with E-state index in [1.165, 1.54) is 50.2 Å². The SMILES string of the molecule is Cc1cc(N2C(=O)/C(=N\Nc3cccc(-c4cccc(C(=O)O)c4)c3O)c3ccc(C(F)(F)F)cc32)cc(C)c1F. The zero-order valence-corrected chi connectivity index (χ0v) is 21.5. The number of aryl methyl sites for hydroxylation is 2. The van der Waals surface area contributed by atoms with Crippen molar-refractivity contribution in [2.24, 2.45) is 5.10 Å². The zero-order chi connectivity index (χ0) is 29.6. The number of aromatic hydroxyl groups is 1. The maximum Gasteiger partial charge on any atom is 0.416 e. The van der Waals surface area contributed by atoms with Crippen molar-refractivity contribution in [1.29, 1.82) is 0 Å². The Morgan fingerprint density at radius 2 is 1.61 bits per heavy atom. The average molecular weight is 564 g/mol.